The summed E-state index contributed by atoms with van der Waals surface area (Å²) in [5.41, 5.74) is 0. The molecule has 0 saturated carbocycles. The van der Waals surface area contributed by atoms with Crippen LogP contribution in [0.25, 0.3) is 0 Å². The Labute approximate surface area is 273 Å². The van der Waals surface area contributed by atoms with Crippen molar-refractivity contribution in [3.63, 3.8) is 0 Å². The Hall–Kier alpha value is 0.610. The molecule has 0 radical (unpaired) electrons. The first-order valence-corrected chi connectivity index (χ1v) is 18.6. The molecule has 0 aliphatic rings. The van der Waals surface area contributed by atoms with Crippen LogP contribution in [-0.2, 0) is 14.6 Å². The predicted molar refractivity (Wildman–Crippen MR) is 169 cm³/mol. The van der Waals surface area contributed by atoms with Gasteiger partial charge in [0, 0.05) is 5.92 Å². The van der Waals surface area contributed by atoms with Crippen molar-refractivity contribution in [2.45, 2.75) is 194 Å². The maximum atomic E-state index is 10.9. The second-order valence-corrected chi connectivity index (χ2v) is 13.0. The summed E-state index contributed by atoms with van der Waals surface area (Å²) in [5, 5.41) is 0. The van der Waals surface area contributed by atoms with Gasteiger partial charge in [-0.2, -0.15) is 0 Å². The summed E-state index contributed by atoms with van der Waals surface area (Å²) in [4.78, 5) is 0. The van der Waals surface area contributed by atoms with Crippen LogP contribution in [0.5, 0.6) is 0 Å². The molecule has 0 aliphatic carbocycles. The zero-order valence-electron chi connectivity index (χ0n) is 27.3. The van der Waals surface area contributed by atoms with Crippen molar-refractivity contribution in [3.05, 3.63) is 12.2 Å². The molecule has 6 heteroatoms. The van der Waals surface area contributed by atoms with Crippen LogP contribution in [0.3, 0.4) is 0 Å². The quantitative estimate of drug-likeness (QED) is 0.0257. The van der Waals surface area contributed by atoms with Crippen molar-refractivity contribution in [1.82, 2.24) is 0 Å². The average molecular weight is 595 g/mol. The first-order chi connectivity index (χ1) is 19.0. The number of allylic oxidation sites excluding steroid dienone is 1. The third kappa shape index (κ3) is 36.6. The number of unbranched alkanes of at least 4 members (excludes halogenated alkanes) is 25. The topological polar surface area (TPSA) is 66.4 Å². The molecule has 40 heavy (non-hydrogen) atoms. The largest absolute Gasteiger partial charge is 1.00 e. The van der Waals surface area contributed by atoms with Crippen LogP contribution >= 0.6 is 0 Å². The van der Waals surface area contributed by atoms with Gasteiger partial charge in [0.25, 0.3) is 0 Å². The molecule has 0 aromatic rings. The molecule has 0 aromatic heterocycles. The summed E-state index contributed by atoms with van der Waals surface area (Å²) in [5.74, 6) is 0.0174. The van der Waals surface area contributed by atoms with E-state index in [9.17, 15) is 13.0 Å². The monoisotopic (exact) mass is 594 g/mol. The minimum Gasteiger partial charge on any atom is -0.726 e. The molecule has 0 amide bonds. The molecule has 0 spiro atoms. The Morgan fingerprint density at radius 1 is 0.550 bits per heavy atom. The summed E-state index contributed by atoms with van der Waals surface area (Å²) < 4.78 is 37.3. The van der Waals surface area contributed by atoms with E-state index in [0.29, 0.717) is 0 Å². The van der Waals surface area contributed by atoms with E-state index in [2.05, 4.69) is 30.2 Å². The van der Waals surface area contributed by atoms with E-state index in [4.69, 9.17) is 0 Å². The SMILES string of the molecule is CCCCCCCCCCCCCCCCCC/C=C/C(CCCCCCCCCCCC)COS(=O)(=O)[O-].[Na+]. The van der Waals surface area contributed by atoms with Gasteiger partial charge in [0.05, 0.1) is 6.61 Å². The van der Waals surface area contributed by atoms with Gasteiger partial charge in [-0.25, -0.2) is 8.42 Å². The van der Waals surface area contributed by atoms with Gasteiger partial charge < -0.3 is 4.55 Å². The molecule has 0 aliphatic heterocycles. The van der Waals surface area contributed by atoms with E-state index in [1.165, 1.54) is 161 Å². The van der Waals surface area contributed by atoms with Crippen LogP contribution in [0.2, 0.25) is 0 Å². The fraction of sp³-hybridized carbons (Fsp3) is 0.941. The van der Waals surface area contributed by atoms with Crippen LogP contribution in [0.15, 0.2) is 12.2 Å². The second-order valence-electron chi connectivity index (χ2n) is 11.9. The van der Waals surface area contributed by atoms with Crippen LogP contribution in [0, 0.1) is 5.92 Å². The van der Waals surface area contributed by atoms with Gasteiger partial charge in [-0.3, -0.25) is 4.18 Å². The minimum absolute atomic E-state index is 0. The Bertz CT molecular complexity index is 609. The molecule has 0 fully saturated rings. The molecule has 1 unspecified atom stereocenters. The van der Waals surface area contributed by atoms with Gasteiger partial charge in [0.15, 0.2) is 0 Å². The van der Waals surface area contributed by atoms with Gasteiger partial charge in [-0.05, 0) is 19.3 Å². The van der Waals surface area contributed by atoms with E-state index in [1.807, 2.05) is 0 Å². The zero-order chi connectivity index (χ0) is 28.7. The van der Waals surface area contributed by atoms with Crippen LogP contribution in [-0.4, -0.2) is 19.6 Å². The van der Waals surface area contributed by atoms with Gasteiger partial charge in [-0.15, -0.1) is 0 Å². The van der Waals surface area contributed by atoms with Crippen molar-refractivity contribution in [2.24, 2.45) is 5.92 Å². The molecule has 234 valence electrons. The number of hydrogen-bond donors (Lipinski definition) is 0. The first kappa shape index (κ1) is 42.7. The van der Waals surface area contributed by atoms with Gasteiger partial charge in [0.1, 0.15) is 0 Å². The minimum atomic E-state index is -4.62. The van der Waals surface area contributed by atoms with Crippen molar-refractivity contribution in [3.8, 4) is 0 Å². The fourth-order valence-electron chi connectivity index (χ4n) is 5.40. The number of rotatable bonds is 32. The molecule has 1 atom stereocenters. The van der Waals surface area contributed by atoms with Crippen LogP contribution in [0.1, 0.15) is 194 Å². The Morgan fingerprint density at radius 3 is 1.23 bits per heavy atom. The van der Waals surface area contributed by atoms with E-state index >= 15 is 0 Å². The zero-order valence-corrected chi connectivity index (χ0v) is 30.1. The Kier molecular flexibility index (Phi) is 36.4. The first-order valence-electron chi connectivity index (χ1n) is 17.3. The molecule has 0 heterocycles. The van der Waals surface area contributed by atoms with E-state index in [0.717, 1.165) is 19.3 Å². The van der Waals surface area contributed by atoms with Gasteiger partial charge in [0.2, 0.25) is 10.4 Å². The smallest absolute Gasteiger partial charge is 0.726 e. The van der Waals surface area contributed by atoms with Crippen LogP contribution in [0.4, 0.5) is 0 Å². The second kappa shape index (κ2) is 34.1. The van der Waals surface area contributed by atoms with Gasteiger partial charge in [-0.1, -0.05) is 187 Å². The molecule has 0 aromatic carbocycles. The van der Waals surface area contributed by atoms with E-state index < -0.39 is 10.4 Å². The molecule has 0 N–H and O–H groups in total. The van der Waals surface area contributed by atoms with Crippen molar-refractivity contribution in [2.75, 3.05) is 6.61 Å². The standard InChI is InChI=1S/C34H68O4S.Na/c1-3-5-7-9-11-13-15-16-17-18-19-20-21-22-24-26-28-30-32-34(33-38-39(35,36)37)31-29-27-25-23-14-12-10-8-6-4-2;/h30,32,34H,3-29,31,33H2,1-2H3,(H,35,36,37);/q;+1/p-1/b32-30+;. The summed E-state index contributed by atoms with van der Waals surface area (Å²) >= 11 is 0. The fourth-order valence-corrected chi connectivity index (χ4v) is 5.74. The predicted octanol–water partition coefficient (Wildman–Crippen LogP) is 8.60. The van der Waals surface area contributed by atoms with E-state index in [1.54, 1.807) is 0 Å². The molecule has 4 nitrogen and oxygen atoms in total. The summed E-state index contributed by atoms with van der Waals surface area (Å²) in [6, 6.07) is 0. The van der Waals surface area contributed by atoms with Gasteiger partial charge >= 0.3 is 29.6 Å². The maximum absolute atomic E-state index is 10.9. The molecular weight excluding hydrogens is 527 g/mol. The number of hydrogen-bond acceptors (Lipinski definition) is 4. The Morgan fingerprint density at radius 2 is 0.875 bits per heavy atom. The average Bonchev–Trinajstić information content (AvgIpc) is 2.91. The maximum Gasteiger partial charge on any atom is 1.00 e. The molecule has 0 saturated heterocycles. The summed E-state index contributed by atoms with van der Waals surface area (Å²) in [6.07, 6.45) is 41.0. The molecular formula is C34H67NaO4S. The Balaban J connectivity index is 0. The van der Waals surface area contributed by atoms with Crippen molar-refractivity contribution in [1.29, 1.82) is 0 Å². The normalized spacial score (nSPS) is 12.7. The van der Waals surface area contributed by atoms with Crippen molar-refractivity contribution >= 4 is 10.4 Å². The third-order valence-electron chi connectivity index (χ3n) is 7.99. The summed E-state index contributed by atoms with van der Waals surface area (Å²) in [7, 11) is -4.62. The molecule has 0 rings (SSSR count). The molecule has 0 bridgehead atoms. The van der Waals surface area contributed by atoms with E-state index in [-0.39, 0.29) is 42.1 Å². The van der Waals surface area contributed by atoms with Crippen molar-refractivity contribution < 1.29 is 46.7 Å². The van der Waals surface area contributed by atoms with Crippen LogP contribution < -0.4 is 29.6 Å². The summed E-state index contributed by atoms with van der Waals surface area (Å²) in [6.45, 7) is 4.52. The third-order valence-corrected chi connectivity index (χ3v) is 8.41.